The summed E-state index contributed by atoms with van der Waals surface area (Å²) in [4.78, 5) is 33.0. The van der Waals surface area contributed by atoms with Crippen LogP contribution in [0.3, 0.4) is 0 Å². The second-order valence-electron chi connectivity index (χ2n) is 8.96. The Balaban J connectivity index is 1.59. The fraction of sp³-hybridized carbons (Fsp3) is 0.500. The van der Waals surface area contributed by atoms with Crippen LogP contribution in [0.5, 0.6) is 0 Å². The van der Waals surface area contributed by atoms with Crippen LogP contribution in [0.4, 0.5) is 5.82 Å². The topological polar surface area (TPSA) is 121 Å². The summed E-state index contributed by atoms with van der Waals surface area (Å²) in [7, 11) is 1.53. The number of carbonyl (C=O) groups is 2. The summed E-state index contributed by atoms with van der Waals surface area (Å²) in [6.45, 7) is 6.59. The molecule has 2 aliphatic heterocycles. The number of amides is 2. The van der Waals surface area contributed by atoms with Crippen molar-refractivity contribution < 1.29 is 23.5 Å². The second kappa shape index (κ2) is 9.83. The van der Waals surface area contributed by atoms with E-state index in [0.29, 0.717) is 68.6 Å². The van der Waals surface area contributed by atoms with E-state index in [1.165, 1.54) is 12.0 Å². The fourth-order valence-electron chi connectivity index (χ4n) is 4.32. The number of pyridine rings is 1. The minimum absolute atomic E-state index is 0.279. The van der Waals surface area contributed by atoms with E-state index in [0.717, 1.165) is 11.1 Å². The van der Waals surface area contributed by atoms with Crippen molar-refractivity contribution >= 4 is 17.6 Å². The number of hydrogen-bond acceptors (Lipinski definition) is 8. The molecule has 10 heteroatoms. The van der Waals surface area contributed by atoms with Gasteiger partial charge in [0.15, 0.2) is 5.76 Å². The highest BCUT2D eigenvalue weighted by Gasteiger charge is 2.35. The Kier molecular flexibility index (Phi) is 6.86. The molecule has 0 unspecified atom stereocenters. The third-order valence-electron chi connectivity index (χ3n) is 6.12. The Morgan fingerprint density at radius 2 is 2.03 bits per heavy atom. The zero-order valence-corrected chi connectivity index (χ0v) is 19.7. The van der Waals surface area contributed by atoms with Crippen LogP contribution in [0, 0.1) is 11.3 Å². The quantitative estimate of drug-likeness (QED) is 0.518. The van der Waals surface area contributed by atoms with E-state index in [4.69, 9.17) is 18.9 Å². The highest BCUT2D eigenvalue weighted by molar-refractivity contribution is 6.35. The maximum Gasteiger partial charge on any atom is 0.312 e. The van der Waals surface area contributed by atoms with Gasteiger partial charge in [-0.25, -0.2) is 4.98 Å². The van der Waals surface area contributed by atoms with Crippen LogP contribution < -0.4 is 10.2 Å². The van der Waals surface area contributed by atoms with Gasteiger partial charge in [-0.05, 0) is 31.5 Å². The summed E-state index contributed by atoms with van der Waals surface area (Å²) >= 11 is 0. The van der Waals surface area contributed by atoms with Gasteiger partial charge in [0.05, 0.1) is 30.6 Å². The Bertz CT molecular complexity index is 1100. The summed E-state index contributed by atoms with van der Waals surface area (Å²) < 4.78 is 16.6. The van der Waals surface area contributed by atoms with E-state index in [1.54, 1.807) is 12.3 Å². The number of nitriles is 1. The zero-order valence-electron chi connectivity index (χ0n) is 19.7. The molecule has 1 fully saturated rings. The highest BCUT2D eigenvalue weighted by Crippen LogP contribution is 2.39. The number of fused-ring (bicyclic) bond motifs is 1. The first-order chi connectivity index (χ1) is 16.3. The molecule has 4 heterocycles. The lowest BCUT2D eigenvalue weighted by atomic mass is 9.87. The summed E-state index contributed by atoms with van der Waals surface area (Å²) in [6.07, 6.45) is 2.17. The number of carbonyl (C=O) groups excluding carboxylic acids is 2. The molecule has 34 heavy (non-hydrogen) atoms. The van der Waals surface area contributed by atoms with Crippen molar-refractivity contribution in [3.63, 3.8) is 0 Å². The number of ether oxygens (including phenoxy) is 2. The molecule has 4 rings (SSSR count). The third kappa shape index (κ3) is 4.76. The fourth-order valence-corrected chi connectivity index (χ4v) is 4.32. The molecule has 2 aromatic heterocycles. The predicted octanol–water partition coefficient (Wildman–Crippen LogP) is 1.48. The normalized spacial score (nSPS) is 17.1. The van der Waals surface area contributed by atoms with Crippen molar-refractivity contribution in [2.45, 2.75) is 32.5 Å². The van der Waals surface area contributed by atoms with E-state index in [1.807, 2.05) is 24.8 Å². The standard InChI is InChI=1S/C24H29N5O5/c1-24(2)13-16-17(14-25)21(27-20(18(16)15-34-24)19-5-4-11-33-19)28-7-9-29(10-8-28)23(31)22(30)26-6-12-32-3/h4-5,11H,6-10,12-13,15H2,1-3H3,(H,26,30). The molecule has 0 radical (unpaired) electrons. The maximum atomic E-state index is 12.5. The molecule has 2 amide bonds. The van der Waals surface area contributed by atoms with Gasteiger partial charge in [-0.1, -0.05) is 0 Å². The monoisotopic (exact) mass is 467 g/mol. The second-order valence-corrected chi connectivity index (χ2v) is 8.96. The summed E-state index contributed by atoms with van der Waals surface area (Å²) in [5, 5.41) is 12.7. The molecular formula is C24H29N5O5. The lowest BCUT2D eigenvalue weighted by molar-refractivity contribution is -0.146. The average Bonchev–Trinajstić information content (AvgIpc) is 3.37. The third-order valence-corrected chi connectivity index (χ3v) is 6.12. The number of piperazine rings is 1. The number of anilines is 1. The lowest BCUT2D eigenvalue weighted by Crippen LogP contribution is -2.53. The number of aromatic nitrogens is 1. The van der Waals surface area contributed by atoms with Crippen molar-refractivity contribution in [3.8, 4) is 17.5 Å². The average molecular weight is 468 g/mol. The van der Waals surface area contributed by atoms with Crippen LogP contribution in [0.1, 0.15) is 30.5 Å². The molecule has 2 aromatic rings. The van der Waals surface area contributed by atoms with Gasteiger partial charge in [-0.3, -0.25) is 9.59 Å². The Morgan fingerprint density at radius 1 is 1.26 bits per heavy atom. The largest absolute Gasteiger partial charge is 0.463 e. The van der Waals surface area contributed by atoms with Crippen molar-refractivity contribution in [3.05, 3.63) is 35.1 Å². The Labute approximate surface area is 198 Å². The van der Waals surface area contributed by atoms with Gasteiger partial charge in [0.1, 0.15) is 17.6 Å². The summed E-state index contributed by atoms with van der Waals surface area (Å²) in [5.41, 5.74) is 2.58. The molecular weight excluding hydrogens is 438 g/mol. The minimum atomic E-state index is -0.641. The molecule has 180 valence electrons. The number of methoxy groups -OCH3 is 1. The van der Waals surface area contributed by atoms with Gasteiger partial charge in [-0.15, -0.1) is 0 Å². The first kappa shape index (κ1) is 23.7. The maximum absolute atomic E-state index is 12.5. The van der Waals surface area contributed by atoms with Crippen LogP contribution >= 0.6 is 0 Å². The number of nitrogens with one attached hydrogen (secondary N) is 1. The predicted molar refractivity (Wildman–Crippen MR) is 123 cm³/mol. The highest BCUT2D eigenvalue weighted by atomic mass is 16.5. The molecule has 0 spiro atoms. The van der Waals surface area contributed by atoms with Crippen molar-refractivity contribution in [1.82, 2.24) is 15.2 Å². The van der Waals surface area contributed by atoms with Gasteiger partial charge in [0.2, 0.25) is 0 Å². The molecule has 2 aliphatic rings. The van der Waals surface area contributed by atoms with Crippen LogP contribution in [0.15, 0.2) is 22.8 Å². The molecule has 0 bridgehead atoms. The molecule has 1 saturated heterocycles. The van der Waals surface area contributed by atoms with Gasteiger partial charge in [0.25, 0.3) is 0 Å². The van der Waals surface area contributed by atoms with Gasteiger partial charge in [0, 0.05) is 51.8 Å². The molecule has 0 aliphatic carbocycles. The van der Waals surface area contributed by atoms with Crippen LogP contribution in [-0.2, 0) is 32.1 Å². The first-order valence-electron chi connectivity index (χ1n) is 11.3. The smallest absolute Gasteiger partial charge is 0.312 e. The molecule has 0 aromatic carbocycles. The van der Waals surface area contributed by atoms with Crippen molar-refractivity contribution in [1.29, 1.82) is 5.26 Å². The Morgan fingerprint density at radius 3 is 2.68 bits per heavy atom. The Hall–Kier alpha value is -3.42. The van der Waals surface area contributed by atoms with Gasteiger partial charge >= 0.3 is 11.8 Å². The SMILES string of the molecule is COCCNC(=O)C(=O)N1CCN(c2nc(-c3ccco3)c3c(c2C#N)CC(C)(C)OC3)CC1. The first-order valence-corrected chi connectivity index (χ1v) is 11.3. The van der Waals surface area contributed by atoms with E-state index in [2.05, 4.69) is 11.4 Å². The van der Waals surface area contributed by atoms with Crippen molar-refractivity contribution in [2.24, 2.45) is 0 Å². The summed E-state index contributed by atoms with van der Waals surface area (Å²) in [5.74, 6) is -0.0175. The zero-order chi connectivity index (χ0) is 24.3. The van der Waals surface area contributed by atoms with Gasteiger partial charge < -0.3 is 29.0 Å². The number of rotatable bonds is 5. The van der Waals surface area contributed by atoms with Crippen LogP contribution in [-0.4, -0.2) is 73.7 Å². The summed E-state index contributed by atoms with van der Waals surface area (Å²) in [6, 6.07) is 6.01. The van der Waals surface area contributed by atoms with E-state index in [9.17, 15) is 14.9 Å². The minimum Gasteiger partial charge on any atom is -0.463 e. The lowest BCUT2D eigenvalue weighted by Gasteiger charge is -2.38. The van der Waals surface area contributed by atoms with E-state index >= 15 is 0 Å². The molecule has 10 nitrogen and oxygen atoms in total. The van der Waals surface area contributed by atoms with E-state index in [-0.39, 0.29) is 6.54 Å². The van der Waals surface area contributed by atoms with Crippen LogP contribution in [0.25, 0.3) is 11.5 Å². The number of furan rings is 1. The molecule has 0 saturated carbocycles. The number of hydrogen-bond donors (Lipinski definition) is 1. The molecule has 0 atom stereocenters. The van der Waals surface area contributed by atoms with Crippen LogP contribution in [0.2, 0.25) is 0 Å². The van der Waals surface area contributed by atoms with Gasteiger partial charge in [-0.2, -0.15) is 5.26 Å². The number of nitrogens with zero attached hydrogens (tertiary/aromatic N) is 4. The van der Waals surface area contributed by atoms with E-state index < -0.39 is 17.4 Å². The van der Waals surface area contributed by atoms with Crippen molar-refractivity contribution in [2.75, 3.05) is 51.3 Å². The molecule has 1 N–H and O–H groups in total.